The van der Waals surface area contributed by atoms with Crippen LogP contribution in [0.4, 0.5) is 0 Å². The first kappa shape index (κ1) is 19.9. The first-order chi connectivity index (χ1) is 13.9. The van der Waals surface area contributed by atoms with Crippen LogP contribution in [0.25, 0.3) is 5.76 Å². The molecule has 1 aliphatic heterocycles. The SMILES string of the molecule is COC(=O)CN1C(=O)C(=O)/C(=C(/O)c2ccccc2)C1c1ccc(O)c(OC)c1. The lowest BCUT2D eigenvalue weighted by Crippen LogP contribution is -2.35. The summed E-state index contributed by atoms with van der Waals surface area (Å²) in [6.45, 7) is -0.486. The highest BCUT2D eigenvalue weighted by molar-refractivity contribution is 6.46. The summed E-state index contributed by atoms with van der Waals surface area (Å²) in [4.78, 5) is 38.3. The van der Waals surface area contributed by atoms with Crippen molar-refractivity contribution in [2.75, 3.05) is 20.8 Å². The molecule has 1 unspecified atom stereocenters. The Labute approximate surface area is 166 Å². The van der Waals surface area contributed by atoms with Crippen LogP contribution in [0.5, 0.6) is 11.5 Å². The summed E-state index contributed by atoms with van der Waals surface area (Å²) in [6.07, 6.45) is 0. The molecule has 8 heteroatoms. The van der Waals surface area contributed by atoms with Crippen LogP contribution in [0.2, 0.25) is 0 Å². The fourth-order valence-corrected chi connectivity index (χ4v) is 3.21. The third kappa shape index (κ3) is 3.64. The molecule has 2 N–H and O–H groups in total. The van der Waals surface area contributed by atoms with Crippen LogP contribution < -0.4 is 4.74 Å². The molecule has 0 bridgehead atoms. The number of aliphatic hydroxyl groups excluding tert-OH is 1. The molecule has 2 aromatic carbocycles. The lowest BCUT2D eigenvalue weighted by molar-refractivity contribution is -0.148. The van der Waals surface area contributed by atoms with Crippen LogP contribution in [-0.4, -0.2) is 53.5 Å². The van der Waals surface area contributed by atoms with E-state index in [9.17, 15) is 24.6 Å². The number of ketones is 1. The number of benzene rings is 2. The first-order valence-electron chi connectivity index (χ1n) is 8.66. The summed E-state index contributed by atoms with van der Waals surface area (Å²) in [6, 6.07) is 11.5. The minimum Gasteiger partial charge on any atom is -0.507 e. The Hall–Kier alpha value is -3.81. The largest absolute Gasteiger partial charge is 0.507 e. The average molecular weight is 397 g/mol. The van der Waals surface area contributed by atoms with Gasteiger partial charge in [0, 0.05) is 5.56 Å². The molecule has 150 valence electrons. The topological polar surface area (TPSA) is 113 Å². The number of hydrogen-bond donors (Lipinski definition) is 2. The standard InChI is InChI=1S/C21H19NO7/c1-28-15-10-13(8-9-14(15)23)18-17(19(25)12-6-4-3-5-7-12)20(26)21(27)22(18)11-16(24)29-2/h3-10,18,23,25H,11H2,1-2H3/b19-17+. The Morgan fingerprint density at radius 2 is 1.79 bits per heavy atom. The number of hydrogen-bond acceptors (Lipinski definition) is 7. The number of Topliss-reactive ketones (excluding diaryl/α,β-unsaturated/α-hetero) is 1. The fraction of sp³-hybridized carbons (Fsp3) is 0.190. The molecule has 1 heterocycles. The summed E-state index contributed by atoms with van der Waals surface area (Å²) in [5.74, 6) is -2.97. The van der Waals surface area contributed by atoms with Gasteiger partial charge in [0.2, 0.25) is 0 Å². The van der Waals surface area contributed by atoms with E-state index in [1.807, 2.05) is 0 Å². The van der Waals surface area contributed by atoms with Crippen LogP contribution in [0, 0.1) is 0 Å². The third-order valence-electron chi connectivity index (χ3n) is 4.63. The number of likely N-dealkylation sites (tertiary alicyclic amines) is 1. The molecule has 0 spiro atoms. The van der Waals surface area contributed by atoms with E-state index in [2.05, 4.69) is 4.74 Å². The minimum absolute atomic E-state index is 0.117. The third-order valence-corrected chi connectivity index (χ3v) is 4.63. The molecule has 1 aliphatic rings. The Kier molecular flexibility index (Phi) is 5.54. The van der Waals surface area contributed by atoms with E-state index in [-0.39, 0.29) is 22.8 Å². The van der Waals surface area contributed by atoms with Crippen LogP contribution in [0.15, 0.2) is 54.1 Å². The van der Waals surface area contributed by atoms with Gasteiger partial charge in [0.25, 0.3) is 11.7 Å². The maximum Gasteiger partial charge on any atom is 0.325 e. The lowest BCUT2D eigenvalue weighted by atomic mass is 9.95. The van der Waals surface area contributed by atoms with Gasteiger partial charge in [-0.2, -0.15) is 0 Å². The second-order valence-corrected chi connectivity index (χ2v) is 6.30. The molecule has 1 amide bonds. The Morgan fingerprint density at radius 1 is 1.10 bits per heavy atom. The van der Waals surface area contributed by atoms with Crippen molar-refractivity contribution in [3.05, 3.63) is 65.2 Å². The molecule has 0 aromatic heterocycles. The number of phenols is 1. The summed E-state index contributed by atoms with van der Waals surface area (Å²) in [5, 5.41) is 20.7. The van der Waals surface area contributed by atoms with Gasteiger partial charge >= 0.3 is 5.97 Å². The van der Waals surface area contributed by atoms with Gasteiger partial charge in [-0.15, -0.1) is 0 Å². The van der Waals surface area contributed by atoms with Gasteiger partial charge in [-0.1, -0.05) is 36.4 Å². The quantitative estimate of drug-likeness (QED) is 0.343. The second kappa shape index (κ2) is 8.05. The smallest absolute Gasteiger partial charge is 0.325 e. The van der Waals surface area contributed by atoms with E-state index >= 15 is 0 Å². The zero-order chi connectivity index (χ0) is 21.1. The van der Waals surface area contributed by atoms with Crippen LogP contribution in [0.1, 0.15) is 17.2 Å². The van der Waals surface area contributed by atoms with Gasteiger partial charge in [0.15, 0.2) is 11.5 Å². The number of rotatable bonds is 5. The van der Waals surface area contributed by atoms with E-state index in [4.69, 9.17) is 4.74 Å². The maximum atomic E-state index is 12.8. The van der Waals surface area contributed by atoms with Crippen molar-refractivity contribution in [2.45, 2.75) is 6.04 Å². The predicted octanol–water partition coefficient (Wildman–Crippen LogP) is 2.00. The molecule has 0 aliphatic carbocycles. The van der Waals surface area contributed by atoms with E-state index in [1.165, 1.54) is 32.4 Å². The molecule has 1 atom stereocenters. The van der Waals surface area contributed by atoms with Crippen molar-refractivity contribution in [2.24, 2.45) is 0 Å². The molecule has 2 aromatic rings. The molecular formula is C21H19NO7. The number of phenolic OH excluding ortho intramolecular Hbond substituents is 1. The first-order valence-corrected chi connectivity index (χ1v) is 8.66. The van der Waals surface area contributed by atoms with Crippen molar-refractivity contribution >= 4 is 23.4 Å². The molecule has 8 nitrogen and oxygen atoms in total. The van der Waals surface area contributed by atoms with E-state index in [0.29, 0.717) is 11.1 Å². The van der Waals surface area contributed by atoms with Gasteiger partial charge in [0.05, 0.1) is 25.8 Å². The minimum atomic E-state index is -1.07. The maximum absolute atomic E-state index is 12.8. The van der Waals surface area contributed by atoms with E-state index in [1.54, 1.807) is 30.3 Å². The number of esters is 1. The van der Waals surface area contributed by atoms with Gasteiger partial charge in [-0.25, -0.2) is 0 Å². The zero-order valence-corrected chi connectivity index (χ0v) is 15.8. The molecule has 1 fully saturated rings. The number of methoxy groups -OCH3 is 2. The molecule has 0 radical (unpaired) electrons. The van der Waals surface area contributed by atoms with Crippen molar-refractivity contribution in [3.8, 4) is 11.5 Å². The van der Waals surface area contributed by atoms with Crippen LogP contribution >= 0.6 is 0 Å². The lowest BCUT2D eigenvalue weighted by Gasteiger charge is -2.24. The summed E-state index contributed by atoms with van der Waals surface area (Å²) in [7, 11) is 2.52. The fourth-order valence-electron chi connectivity index (χ4n) is 3.21. The predicted molar refractivity (Wildman–Crippen MR) is 102 cm³/mol. The van der Waals surface area contributed by atoms with Crippen molar-refractivity contribution in [1.29, 1.82) is 0 Å². The van der Waals surface area contributed by atoms with Gasteiger partial charge in [-0.3, -0.25) is 14.4 Å². The Bertz CT molecular complexity index is 997. The molecule has 29 heavy (non-hydrogen) atoms. The molecule has 0 saturated carbocycles. The Morgan fingerprint density at radius 3 is 2.41 bits per heavy atom. The normalized spacial score (nSPS) is 18.0. The van der Waals surface area contributed by atoms with Gasteiger partial charge in [-0.05, 0) is 17.7 Å². The highest BCUT2D eigenvalue weighted by Gasteiger charge is 2.47. The number of ether oxygens (including phenoxy) is 2. The Balaban J connectivity index is 2.21. The van der Waals surface area contributed by atoms with Crippen LogP contribution in [0.3, 0.4) is 0 Å². The average Bonchev–Trinajstić information content (AvgIpc) is 2.99. The summed E-state index contributed by atoms with van der Waals surface area (Å²) >= 11 is 0. The molecular weight excluding hydrogens is 378 g/mol. The number of amides is 1. The van der Waals surface area contributed by atoms with E-state index < -0.39 is 30.2 Å². The summed E-state index contributed by atoms with van der Waals surface area (Å²) < 4.78 is 9.75. The number of carbonyl (C=O) groups excluding carboxylic acids is 3. The molecule has 1 saturated heterocycles. The van der Waals surface area contributed by atoms with Crippen molar-refractivity contribution < 1.29 is 34.1 Å². The van der Waals surface area contributed by atoms with Crippen molar-refractivity contribution in [3.63, 3.8) is 0 Å². The summed E-state index contributed by atoms with van der Waals surface area (Å²) in [5.41, 5.74) is 0.553. The zero-order valence-electron chi connectivity index (χ0n) is 15.8. The highest BCUT2D eigenvalue weighted by atomic mass is 16.5. The van der Waals surface area contributed by atoms with Crippen molar-refractivity contribution in [1.82, 2.24) is 4.90 Å². The van der Waals surface area contributed by atoms with Gasteiger partial charge in [0.1, 0.15) is 12.3 Å². The number of carbonyl (C=O) groups is 3. The number of aliphatic hydroxyl groups is 1. The number of nitrogens with zero attached hydrogens (tertiary/aromatic N) is 1. The molecule has 3 rings (SSSR count). The van der Waals surface area contributed by atoms with Crippen LogP contribution in [-0.2, 0) is 19.1 Å². The van der Waals surface area contributed by atoms with Gasteiger partial charge < -0.3 is 24.6 Å². The van der Waals surface area contributed by atoms with E-state index in [0.717, 1.165) is 4.90 Å². The monoisotopic (exact) mass is 397 g/mol. The number of aromatic hydroxyl groups is 1. The second-order valence-electron chi connectivity index (χ2n) is 6.30. The highest BCUT2D eigenvalue weighted by Crippen LogP contribution is 2.41.